The maximum absolute atomic E-state index is 11.9. The Hall–Kier alpha value is -1.74. The number of rotatable bonds is 6. The van der Waals surface area contributed by atoms with Gasteiger partial charge in [-0.1, -0.05) is 0 Å². The van der Waals surface area contributed by atoms with Crippen LogP contribution in [0.25, 0.3) is 0 Å². The highest BCUT2D eigenvalue weighted by atomic mass is 16.4. The van der Waals surface area contributed by atoms with Gasteiger partial charge in [0.1, 0.15) is 6.04 Å². The molecule has 0 saturated carbocycles. The summed E-state index contributed by atoms with van der Waals surface area (Å²) in [6, 6.07) is -0.572. The van der Waals surface area contributed by atoms with E-state index in [0.29, 0.717) is 32.7 Å². The molecule has 0 spiro atoms. The molecular formula is C14H23N3O3. The first-order chi connectivity index (χ1) is 9.56. The predicted octanol–water partition coefficient (Wildman–Crippen LogP) is 0.590. The first-order valence-corrected chi connectivity index (χ1v) is 6.99. The monoisotopic (exact) mass is 281 g/mol. The summed E-state index contributed by atoms with van der Waals surface area (Å²) in [7, 11) is 0. The highest BCUT2D eigenvalue weighted by molar-refractivity contribution is 5.74. The van der Waals surface area contributed by atoms with Crippen LogP contribution in [-0.2, 0) is 4.79 Å². The van der Waals surface area contributed by atoms with Gasteiger partial charge in [-0.3, -0.25) is 9.69 Å². The minimum atomic E-state index is -0.823. The van der Waals surface area contributed by atoms with Crippen molar-refractivity contribution >= 4 is 12.0 Å². The molecule has 1 atom stereocenters. The molecule has 0 aromatic heterocycles. The number of amides is 2. The van der Waals surface area contributed by atoms with Crippen LogP contribution in [0.5, 0.6) is 0 Å². The maximum atomic E-state index is 11.9. The van der Waals surface area contributed by atoms with Gasteiger partial charge in [0.25, 0.3) is 0 Å². The molecule has 6 heteroatoms. The van der Waals surface area contributed by atoms with Crippen molar-refractivity contribution in [2.75, 3.05) is 32.7 Å². The third-order valence-corrected chi connectivity index (χ3v) is 3.53. The zero-order valence-corrected chi connectivity index (χ0v) is 12.0. The Kier molecular flexibility index (Phi) is 6.88. The topological polar surface area (TPSA) is 72.9 Å². The van der Waals surface area contributed by atoms with E-state index in [1.165, 1.54) is 0 Å². The molecule has 0 aliphatic carbocycles. The summed E-state index contributed by atoms with van der Waals surface area (Å²) in [5, 5.41) is 11.8. The number of hydrogen-bond donors (Lipinski definition) is 2. The Labute approximate surface area is 120 Å². The van der Waals surface area contributed by atoms with Gasteiger partial charge >= 0.3 is 12.0 Å². The molecule has 0 aromatic carbocycles. The zero-order chi connectivity index (χ0) is 15.0. The van der Waals surface area contributed by atoms with Crippen molar-refractivity contribution in [1.29, 1.82) is 0 Å². The number of carbonyl (C=O) groups is 2. The summed E-state index contributed by atoms with van der Waals surface area (Å²) in [5.74, 6) is 1.74. The molecule has 1 fully saturated rings. The molecule has 1 unspecified atom stereocenters. The second-order valence-corrected chi connectivity index (χ2v) is 4.93. The Balaban J connectivity index is 2.22. The Morgan fingerprint density at radius 2 is 1.95 bits per heavy atom. The van der Waals surface area contributed by atoms with Crippen LogP contribution in [0.15, 0.2) is 0 Å². The van der Waals surface area contributed by atoms with Crippen molar-refractivity contribution in [3.8, 4) is 12.3 Å². The van der Waals surface area contributed by atoms with Gasteiger partial charge in [-0.2, -0.15) is 0 Å². The number of carbonyl (C=O) groups excluding carboxylic acids is 1. The summed E-state index contributed by atoms with van der Waals surface area (Å²) in [4.78, 5) is 26.4. The summed E-state index contributed by atoms with van der Waals surface area (Å²) in [6.07, 6.45) is 7.69. The first kappa shape index (κ1) is 16.3. The standard InChI is InChI=1S/C14H23N3O3/c1-3-4-5-6-7-15-14(20)17-10-8-16(9-11-17)12(2)13(18)19/h1,12H,4-11H2,2H3,(H,15,20)(H,18,19). The number of carboxylic acid groups (broad SMARTS) is 1. The molecule has 0 aromatic rings. The van der Waals surface area contributed by atoms with Crippen LogP contribution >= 0.6 is 0 Å². The molecule has 0 radical (unpaired) electrons. The molecule has 1 rings (SSSR count). The number of urea groups is 1. The van der Waals surface area contributed by atoms with Crippen LogP contribution in [0.4, 0.5) is 4.79 Å². The van der Waals surface area contributed by atoms with Crippen LogP contribution in [0, 0.1) is 12.3 Å². The van der Waals surface area contributed by atoms with Gasteiger partial charge in [-0.15, -0.1) is 12.3 Å². The molecule has 1 heterocycles. The van der Waals surface area contributed by atoms with Gasteiger partial charge < -0.3 is 15.3 Å². The molecule has 112 valence electrons. The number of nitrogens with one attached hydrogen (secondary N) is 1. The number of hydrogen-bond acceptors (Lipinski definition) is 3. The highest BCUT2D eigenvalue weighted by Gasteiger charge is 2.26. The second kappa shape index (κ2) is 8.43. The number of nitrogens with zero attached hydrogens (tertiary/aromatic N) is 2. The van der Waals surface area contributed by atoms with Crippen LogP contribution in [0.1, 0.15) is 26.2 Å². The number of carboxylic acids is 1. The fourth-order valence-electron chi connectivity index (χ4n) is 2.13. The van der Waals surface area contributed by atoms with Crippen LogP contribution < -0.4 is 5.32 Å². The van der Waals surface area contributed by atoms with Crippen LogP contribution in [-0.4, -0.2) is 65.7 Å². The SMILES string of the molecule is C#CCCCCNC(=O)N1CCN(C(C)C(=O)O)CC1. The zero-order valence-electron chi connectivity index (χ0n) is 12.0. The van der Waals surface area contributed by atoms with E-state index in [1.54, 1.807) is 11.8 Å². The van der Waals surface area contributed by atoms with Crippen molar-refractivity contribution in [2.24, 2.45) is 0 Å². The Bertz CT molecular complexity index is 370. The Morgan fingerprint density at radius 3 is 2.50 bits per heavy atom. The van der Waals surface area contributed by atoms with Gasteiger partial charge in [0, 0.05) is 39.1 Å². The van der Waals surface area contributed by atoms with Crippen LogP contribution in [0.3, 0.4) is 0 Å². The maximum Gasteiger partial charge on any atom is 0.320 e. The minimum absolute atomic E-state index is 0.0756. The van der Waals surface area contributed by atoms with Gasteiger partial charge in [-0.25, -0.2) is 4.79 Å². The van der Waals surface area contributed by atoms with Crippen molar-refractivity contribution in [3.05, 3.63) is 0 Å². The van der Waals surface area contributed by atoms with E-state index in [1.807, 2.05) is 4.90 Å². The normalized spacial score (nSPS) is 17.3. The van der Waals surface area contributed by atoms with Crippen molar-refractivity contribution in [3.63, 3.8) is 0 Å². The predicted molar refractivity (Wildman–Crippen MR) is 76.3 cm³/mol. The molecule has 20 heavy (non-hydrogen) atoms. The molecule has 0 bridgehead atoms. The third kappa shape index (κ3) is 5.10. The van der Waals surface area contributed by atoms with Gasteiger partial charge in [-0.05, 0) is 19.8 Å². The van der Waals surface area contributed by atoms with E-state index in [-0.39, 0.29) is 6.03 Å². The quantitative estimate of drug-likeness (QED) is 0.552. The largest absolute Gasteiger partial charge is 0.480 e. The van der Waals surface area contributed by atoms with E-state index in [9.17, 15) is 9.59 Å². The van der Waals surface area contributed by atoms with Gasteiger partial charge in [0.05, 0.1) is 0 Å². The lowest BCUT2D eigenvalue weighted by Crippen LogP contribution is -2.55. The summed E-state index contributed by atoms with van der Waals surface area (Å²) >= 11 is 0. The fraction of sp³-hybridized carbons (Fsp3) is 0.714. The van der Waals surface area contributed by atoms with Crippen LogP contribution in [0.2, 0.25) is 0 Å². The molecule has 1 saturated heterocycles. The van der Waals surface area contributed by atoms with E-state index in [4.69, 9.17) is 11.5 Å². The smallest absolute Gasteiger partial charge is 0.320 e. The summed E-state index contributed by atoms with van der Waals surface area (Å²) in [6.45, 7) is 4.62. The number of unbranched alkanes of at least 4 members (excludes halogenated alkanes) is 2. The molecular weight excluding hydrogens is 258 g/mol. The molecule has 1 aliphatic heterocycles. The first-order valence-electron chi connectivity index (χ1n) is 6.99. The number of piperazine rings is 1. The molecule has 1 aliphatic rings. The van der Waals surface area contributed by atoms with Crippen molar-refractivity contribution in [2.45, 2.75) is 32.2 Å². The lowest BCUT2D eigenvalue weighted by Gasteiger charge is -2.36. The average molecular weight is 281 g/mol. The number of aliphatic carboxylic acids is 1. The lowest BCUT2D eigenvalue weighted by atomic mass is 10.2. The second-order valence-electron chi connectivity index (χ2n) is 4.93. The fourth-order valence-corrected chi connectivity index (χ4v) is 2.13. The number of terminal acetylenes is 1. The van der Waals surface area contributed by atoms with Crippen molar-refractivity contribution < 1.29 is 14.7 Å². The van der Waals surface area contributed by atoms with Gasteiger partial charge in [0.2, 0.25) is 0 Å². The average Bonchev–Trinajstić information content (AvgIpc) is 2.46. The van der Waals surface area contributed by atoms with E-state index >= 15 is 0 Å². The molecule has 2 amide bonds. The minimum Gasteiger partial charge on any atom is -0.480 e. The third-order valence-electron chi connectivity index (χ3n) is 3.53. The molecule has 6 nitrogen and oxygen atoms in total. The van der Waals surface area contributed by atoms with E-state index in [0.717, 1.165) is 19.3 Å². The Morgan fingerprint density at radius 1 is 1.30 bits per heavy atom. The summed E-state index contributed by atoms with van der Waals surface area (Å²) in [5.41, 5.74) is 0. The van der Waals surface area contributed by atoms with Crippen molar-refractivity contribution in [1.82, 2.24) is 15.1 Å². The highest BCUT2D eigenvalue weighted by Crippen LogP contribution is 2.06. The van der Waals surface area contributed by atoms with E-state index < -0.39 is 12.0 Å². The van der Waals surface area contributed by atoms with Gasteiger partial charge in [0.15, 0.2) is 0 Å². The van der Waals surface area contributed by atoms with E-state index in [2.05, 4.69) is 11.2 Å². The molecule has 2 N–H and O–H groups in total. The summed E-state index contributed by atoms with van der Waals surface area (Å²) < 4.78 is 0. The lowest BCUT2D eigenvalue weighted by molar-refractivity contribution is -0.143.